The van der Waals surface area contributed by atoms with Crippen LogP contribution >= 0.6 is 0 Å². The lowest BCUT2D eigenvalue weighted by Gasteiger charge is -2.32. The van der Waals surface area contributed by atoms with Crippen LogP contribution in [0, 0.1) is 0 Å². The summed E-state index contributed by atoms with van der Waals surface area (Å²) in [7, 11) is 0. The summed E-state index contributed by atoms with van der Waals surface area (Å²) in [5.74, 6) is -0.664. The summed E-state index contributed by atoms with van der Waals surface area (Å²) in [4.78, 5) is 17.2. The van der Waals surface area contributed by atoms with Gasteiger partial charge in [0.15, 0.2) is 0 Å². The van der Waals surface area contributed by atoms with Gasteiger partial charge in [-0.05, 0) is 31.4 Å². The predicted molar refractivity (Wildman–Crippen MR) is 93.9 cm³/mol. The SMILES string of the molecule is O=C1CCc2c(C3CCN(c4ccc(C(F)(F)F)cn4)CC3)nn(C(F)(F)F)c2N1. The van der Waals surface area contributed by atoms with Gasteiger partial charge in [0.2, 0.25) is 5.91 Å². The first kappa shape index (κ1) is 20.5. The number of fused-ring (bicyclic) bond motifs is 1. The maximum absolute atomic E-state index is 13.3. The molecule has 1 fully saturated rings. The lowest BCUT2D eigenvalue weighted by Crippen LogP contribution is -2.34. The Balaban J connectivity index is 1.51. The summed E-state index contributed by atoms with van der Waals surface area (Å²) in [5, 5.41) is 6.05. The van der Waals surface area contributed by atoms with Crippen molar-refractivity contribution >= 4 is 17.5 Å². The molecule has 2 aromatic rings. The van der Waals surface area contributed by atoms with Gasteiger partial charge < -0.3 is 10.2 Å². The van der Waals surface area contributed by atoms with Crippen molar-refractivity contribution in [3.63, 3.8) is 0 Å². The lowest BCUT2D eigenvalue weighted by atomic mass is 9.89. The molecule has 0 spiro atoms. The van der Waals surface area contributed by atoms with E-state index in [1.54, 1.807) is 4.90 Å². The minimum absolute atomic E-state index is 0.0848. The number of rotatable bonds is 2. The molecule has 12 heteroatoms. The second-order valence-corrected chi connectivity index (χ2v) is 7.30. The molecule has 0 radical (unpaired) electrons. The van der Waals surface area contributed by atoms with Crippen LogP contribution in [0.25, 0.3) is 0 Å². The normalized spacial score (nSPS) is 18.3. The molecule has 0 aromatic carbocycles. The lowest BCUT2D eigenvalue weighted by molar-refractivity contribution is -0.210. The van der Waals surface area contributed by atoms with Gasteiger partial charge in [-0.1, -0.05) is 0 Å². The second-order valence-electron chi connectivity index (χ2n) is 7.30. The molecule has 0 saturated carbocycles. The van der Waals surface area contributed by atoms with Crippen LogP contribution in [0.3, 0.4) is 0 Å². The van der Waals surface area contributed by atoms with E-state index in [9.17, 15) is 31.1 Å². The van der Waals surface area contributed by atoms with Crippen molar-refractivity contribution in [3.8, 4) is 0 Å². The van der Waals surface area contributed by atoms with E-state index in [0.29, 0.717) is 43.0 Å². The zero-order valence-electron chi connectivity index (χ0n) is 15.5. The molecule has 1 amide bonds. The molecule has 2 aliphatic heterocycles. The first-order valence-corrected chi connectivity index (χ1v) is 9.31. The molecule has 162 valence electrons. The number of carbonyl (C=O) groups is 1. The Kier molecular flexibility index (Phi) is 4.89. The molecule has 4 heterocycles. The van der Waals surface area contributed by atoms with Gasteiger partial charge in [-0.2, -0.15) is 23.0 Å². The van der Waals surface area contributed by atoms with Crippen LogP contribution in [0.15, 0.2) is 18.3 Å². The molecular weight excluding hydrogens is 416 g/mol. The van der Waals surface area contributed by atoms with Crippen LogP contribution in [0.4, 0.5) is 38.0 Å². The third-order valence-electron chi connectivity index (χ3n) is 5.40. The molecule has 0 bridgehead atoms. The standard InChI is InChI=1S/C18H17F6N5O/c19-17(20,21)11-1-3-13(25-9-11)28-7-5-10(6-8-28)15-12-2-4-14(30)26-16(12)29(27-15)18(22,23)24/h1,3,9-10H,2,4-8H2,(H,26,30). The first-order chi connectivity index (χ1) is 14.0. The fraction of sp³-hybridized carbons (Fsp3) is 0.500. The molecule has 1 N–H and O–H groups in total. The van der Waals surface area contributed by atoms with Gasteiger partial charge in [0.1, 0.15) is 11.6 Å². The molecular formula is C18H17F6N5O. The van der Waals surface area contributed by atoms with Crippen molar-refractivity contribution in [3.05, 3.63) is 35.2 Å². The summed E-state index contributed by atoms with van der Waals surface area (Å²) in [6.45, 7) is 0.839. The number of hydrogen-bond donors (Lipinski definition) is 1. The van der Waals surface area contributed by atoms with Gasteiger partial charge in [-0.15, -0.1) is 13.2 Å². The van der Waals surface area contributed by atoms with Crippen LogP contribution in [0.1, 0.15) is 42.0 Å². The fourth-order valence-electron chi connectivity index (χ4n) is 3.91. The molecule has 2 aliphatic rings. The number of nitrogens with one attached hydrogen (secondary N) is 1. The van der Waals surface area contributed by atoms with Crippen molar-refractivity contribution in [2.24, 2.45) is 0 Å². The van der Waals surface area contributed by atoms with E-state index < -0.39 is 23.9 Å². The molecule has 30 heavy (non-hydrogen) atoms. The van der Waals surface area contributed by atoms with Crippen molar-refractivity contribution in [1.29, 1.82) is 0 Å². The smallest absolute Gasteiger partial charge is 0.357 e. The minimum Gasteiger partial charge on any atom is -0.357 e. The minimum atomic E-state index is -4.75. The summed E-state index contributed by atoms with van der Waals surface area (Å²) in [6.07, 6.45) is -7.23. The highest BCUT2D eigenvalue weighted by molar-refractivity contribution is 5.93. The maximum Gasteiger partial charge on any atom is 0.506 e. The Morgan fingerprint density at radius 3 is 2.30 bits per heavy atom. The highest BCUT2D eigenvalue weighted by Gasteiger charge is 2.40. The largest absolute Gasteiger partial charge is 0.506 e. The van der Waals surface area contributed by atoms with Gasteiger partial charge in [-0.3, -0.25) is 4.79 Å². The quantitative estimate of drug-likeness (QED) is 0.727. The van der Waals surface area contributed by atoms with Crippen molar-refractivity contribution in [1.82, 2.24) is 14.8 Å². The molecule has 0 unspecified atom stereocenters. The van der Waals surface area contributed by atoms with Gasteiger partial charge >= 0.3 is 12.5 Å². The highest BCUT2D eigenvalue weighted by Crippen LogP contribution is 2.39. The molecule has 0 atom stereocenters. The summed E-state index contributed by atoms with van der Waals surface area (Å²) >= 11 is 0. The average Bonchev–Trinajstić information content (AvgIpc) is 3.06. The van der Waals surface area contributed by atoms with Gasteiger partial charge in [0.25, 0.3) is 0 Å². The zero-order chi connectivity index (χ0) is 21.7. The van der Waals surface area contributed by atoms with Crippen molar-refractivity contribution in [2.45, 2.75) is 44.1 Å². The number of alkyl halides is 6. The Bertz CT molecular complexity index is 942. The Hall–Kier alpha value is -2.79. The maximum atomic E-state index is 13.3. The molecule has 0 aliphatic carbocycles. The summed E-state index contributed by atoms with van der Waals surface area (Å²) in [6, 6.07) is 2.25. The monoisotopic (exact) mass is 433 g/mol. The number of carbonyl (C=O) groups excluding carboxylic acids is 1. The van der Waals surface area contributed by atoms with E-state index in [0.717, 1.165) is 12.3 Å². The third-order valence-corrected chi connectivity index (χ3v) is 5.40. The Morgan fingerprint density at radius 2 is 1.73 bits per heavy atom. The van der Waals surface area contributed by atoms with E-state index >= 15 is 0 Å². The van der Waals surface area contributed by atoms with Crippen LogP contribution in [0.5, 0.6) is 0 Å². The number of amides is 1. The Morgan fingerprint density at radius 1 is 1.03 bits per heavy atom. The summed E-state index contributed by atoms with van der Waals surface area (Å²) in [5.41, 5.74) is -0.118. The van der Waals surface area contributed by atoms with E-state index in [-0.39, 0.29) is 29.3 Å². The van der Waals surface area contributed by atoms with Crippen molar-refractivity contribution in [2.75, 3.05) is 23.3 Å². The number of aromatic nitrogens is 3. The van der Waals surface area contributed by atoms with E-state index in [2.05, 4.69) is 15.4 Å². The van der Waals surface area contributed by atoms with Crippen LogP contribution in [0.2, 0.25) is 0 Å². The van der Waals surface area contributed by atoms with Crippen LogP contribution in [-0.4, -0.2) is 33.8 Å². The van der Waals surface area contributed by atoms with E-state index in [4.69, 9.17) is 0 Å². The highest BCUT2D eigenvalue weighted by atomic mass is 19.4. The number of anilines is 2. The number of hydrogen-bond acceptors (Lipinski definition) is 4. The third kappa shape index (κ3) is 3.82. The van der Waals surface area contributed by atoms with Crippen LogP contribution < -0.4 is 10.2 Å². The molecule has 6 nitrogen and oxygen atoms in total. The first-order valence-electron chi connectivity index (χ1n) is 9.31. The number of pyridine rings is 1. The van der Waals surface area contributed by atoms with Gasteiger partial charge in [0, 0.05) is 37.2 Å². The number of halogens is 6. The average molecular weight is 433 g/mol. The molecule has 2 aromatic heterocycles. The topological polar surface area (TPSA) is 63.1 Å². The Labute approximate surface area is 166 Å². The van der Waals surface area contributed by atoms with Crippen molar-refractivity contribution < 1.29 is 31.1 Å². The van der Waals surface area contributed by atoms with Gasteiger partial charge in [0.05, 0.1) is 11.3 Å². The zero-order valence-corrected chi connectivity index (χ0v) is 15.5. The fourth-order valence-corrected chi connectivity index (χ4v) is 3.91. The van der Waals surface area contributed by atoms with Crippen LogP contribution in [-0.2, 0) is 23.7 Å². The van der Waals surface area contributed by atoms with Gasteiger partial charge in [-0.25, -0.2) is 4.98 Å². The molecule has 4 rings (SSSR count). The van der Waals surface area contributed by atoms with E-state index in [1.807, 2.05) is 0 Å². The number of nitrogens with zero attached hydrogens (tertiary/aromatic N) is 4. The summed E-state index contributed by atoms with van der Waals surface area (Å²) < 4.78 is 78.0. The van der Waals surface area contributed by atoms with E-state index in [1.165, 1.54) is 6.07 Å². The number of piperidine rings is 1. The second kappa shape index (κ2) is 7.17. The molecule has 1 saturated heterocycles. The predicted octanol–water partition coefficient (Wildman–Crippen LogP) is 4.04.